The van der Waals surface area contributed by atoms with Crippen LogP contribution in [0.2, 0.25) is 5.02 Å². The monoisotopic (exact) mass is 313 g/mol. The van der Waals surface area contributed by atoms with Gasteiger partial charge in [-0.2, -0.15) is 0 Å². The molecule has 1 fully saturated rings. The Labute approximate surface area is 124 Å². The molecule has 1 aliphatic rings. The minimum atomic E-state index is -3.58. The van der Waals surface area contributed by atoms with Crippen molar-refractivity contribution in [3.63, 3.8) is 0 Å². The van der Waals surface area contributed by atoms with Gasteiger partial charge in [0.05, 0.1) is 5.02 Å². The number of benzene rings is 1. The Morgan fingerprint density at radius 3 is 2.75 bits per heavy atom. The van der Waals surface area contributed by atoms with Crippen molar-refractivity contribution >= 4 is 21.6 Å². The molecule has 2 rings (SSSR count). The highest BCUT2D eigenvalue weighted by Gasteiger charge is 2.23. The molecule has 4 nitrogen and oxygen atoms in total. The summed E-state index contributed by atoms with van der Waals surface area (Å²) in [6.45, 7) is 0.190. The van der Waals surface area contributed by atoms with Gasteiger partial charge < -0.3 is 5.11 Å². The Balaban J connectivity index is 2.09. The lowest BCUT2D eigenvalue weighted by Gasteiger charge is -2.08. The van der Waals surface area contributed by atoms with Crippen LogP contribution in [0.25, 0.3) is 0 Å². The van der Waals surface area contributed by atoms with Crippen LogP contribution >= 0.6 is 11.6 Å². The number of aliphatic hydroxyl groups excluding tert-OH is 1. The number of hydrogen-bond donors (Lipinski definition) is 2. The summed E-state index contributed by atoms with van der Waals surface area (Å²) < 4.78 is 26.8. The summed E-state index contributed by atoms with van der Waals surface area (Å²) in [4.78, 5) is 0.0597. The van der Waals surface area contributed by atoms with Crippen molar-refractivity contribution in [2.75, 3.05) is 13.2 Å². The molecule has 1 aliphatic carbocycles. The van der Waals surface area contributed by atoms with Crippen LogP contribution in [0.5, 0.6) is 0 Å². The molecule has 20 heavy (non-hydrogen) atoms. The minimum Gasteiger partial charge on any atom is -0.384 e. The second-order valence-electron chi connectivity index (χ2n) is 4.73. The number of sulfonamides is 1. The van der Waals surface area contributed by atoms with E-state index in [0.717, 1.165) is 6.42 Å². The fraction of sp³-hybridized carbons (Fsp3) is 0.429. The van der Waals surface area contributed by atoms with E-state index in [2.05, 4.69) is 16.6 Å². The molecule has 0 saturated heterocycles. The lowest BCUT2D eigenvalue weighted by atomic mass is 10.2. The summed E-state index contributed by atoms with van der Waals surface area (Å²) in [6, 6.07) is 4.49. The van der Waals surface area contributed by atoms with Crippen molar-refractivity contribution < 1.29 is 13.5 Å². The topological polar surface area (TPSA) is 66.4 Å². The Morgan fingerprint density at radius 2 is 2.15 bits per heavy atom. The first kappa shape index (κ1) is 15.3. The predicted octanol–water partition coefficient (Wildman–Crippen LogP) is 1.76. The molecule has 108 valence electrons. The molecule has 0 heterocycles. The Hall–Kier alpha value is -1.06. The quantitative estimate of drug-likeness (QED) is 0.814. The standard InChI is InChI=1S/C14H16ClNO3S/c15-13-10-12(2-1-9-17)5-6-14(13)20(18,19)16-8-7-11-3-4-11/h5-6,10-11,16-17H,3-4,7-9H2. The van der Waals surface area contributed by atoms with E-state index < -0.39 is 10.0 Å². The average molecular weight is 314 g/mol. The normalized spacial score (nSPS) is 14.7. The SMILES string of the molecule is O=S(=O)(NCCC1CC1)c1ccc(C#CCO)cc1Cl. The summed E-state index contributed by atoms with van der Waals surface area (Å²) in [5.74, 6) is 5.84. The highest BCUT2D eigenvalue weighted by atomic mass is 35.5. The van der Waals surface area contributed by atoms with Gasteiger partial charge >= 0.3 is 0 Å². The maximum absolute atomic E-state index is 12.1. The minimum absolute atomic E-state index is 0.0597. The van der Waals surface area contributed by atoms with Gasteiger partial charge in [-0.15, -0.1) is 0 Å². The molecule has 2 N–H and O–H groups in total. The van der Waals surface area contributed by atoms with Crippen LogP contribution in [-0.2, 0) is 10.0 Å². The van der Waals surface area contributed by atoms with Crippen molar-refractivity contribution in [3.8, 4) is 11.8 Å². The van der Waals surface area contributed by atoms with E-state index in [1.165, 1.54) is 25.0 Å². The molecule has 6 heteroatoms. The summed E-state index contributed by atoms with van der Waals surface area (Å²) in [7, 11) is -3.58. The molecule has 0 bridgehead atoms. The molecule has 1 saturated carbocycles. The van der Waals surface area contributed by atoms with E-state index in [1.54, 1.807) is 6.07 Å². The van der Waals surface area contributed by atoms with Crippen molar-refractivity contribution in [2.24, 2.45) is 5.92 Å². The highest BCUT2D eigenvalue weighted by molar-refractivity contribution is 7.89. The van der Waals surface area contributed by atoms with E-state index >= 15 is 0 Å². The molecular weight excluding hydrogens is 298 g/mol. The zero-order valence-electron chi connectivity index (χ0n) is 10.9. The number of nitrogens with one attached hydrogen (secondary N) is 1. The zero-order valence-corrected chi connectivity index (χ0v) is 12.5. The summed E-state index contributed by atoms with van der Waals surface area (Å²) >= 11 is 6.00. The third-order valence-corrected chi connectivity index (χ3v) is 5.02. The average Bonchev–Trinajstić information content (AvgIpc) is 3.20. The lowest BCUT2D eigenvalue weighted by Crippen LogP contribution is -2.25. The van der Waals surface area contributed by atoms with Crippen LogP contribution in [0.1, 0.15) is 24.8 Å². The molecule has 0 amide bonds. The fourth-order valence-corrected chi connectivity index (χ4v) is 3.41. The number of aliphatic hydroxyl groups is 1. The van der Waals surface area contributed by atoms with Crippen LogP contribution in [0.15, 0.2) is 23.1 Å². The van der Waals surface area contributed by atoms with Crippen molar-refractivity contribution in [3.05, 3.63) is 28.8 Å². The predicted molar refractivity (Wildman–Crippen MR) is 77.9 cm³/mol. The van der Waals surface area contributed by atoms with Gasteiger partial charge in [0.15, 0.2) is 0 Å². The molecular formula is C14H16ClNO3S. The Morgan fingerprint density at radius 1 is 1.40 bits per heavy atom. The van der Waals surface area contributed by atoms with E-state index in [1.807, 2.05) is 0 Å². The first-order chi connectivity index (χ1) is 9.53. The van der Waals surface area contributed by atoms with Gasteiger partial charge in [-0.05, 0) is 30.5 Å². The van der Waals surface area contributed by atoms with Gasteiger partial charge in [0.25, 0.3) is 0 Å². The van der Waals surface area contributed by atoms with Crippen LogP contribution in [0.4, 0.5) is 0 Å². The fourth-order valence-electron chi connectivity index (χ4n) is 1.82. The summed E-state index contributed by atoms with van der Waals surface area (Å²) in [5, 5.41) is 8.75. The van der Waals surface area contributed by atoms with Crippen LogP contribution in [0, 0.1) is 17.8 Å². The highest BCUT2D eigenvalue weighted by Crippen LogP contribution is 2.32. The third-order valence-electron chi connectivity index (χ3n) is 3.07. The van der Waals surface area contributed by atoms with Crippen LogP contribution in [0.3, 0.4) is 0 Å². The van der Waals surface area contributed by atoms with Gasteiger partial charge in [-0.1, -0.05) is 36.3 Å². The largest absolute Gasteiger partial charge is 0.384 e. The first-order valence-electron chi connectivity index (χ1n) is 6.42. The summed E-state index contributed by atoms with van der Waals surface area (Å²) in [6.07, 6.45) is 3.26. The second kappa shape index (κ2) is 6.59. The Kier molecular flexibility index (Phi) is 5.06. The van der Waals surface area contributed by atoms with E-state index in [9.17, 15) is 8.42 Å². The molecule has 0 atom stereocenters. The first-order valence-corrected chi connectivity index (χ1v) is 8.28. The van der Waals surface area contributed by atoms with Crippen LogP contribution in [-0.4, -0.2) is 26.7 Å². The number of halogens is 1. The van der Waals surface area contributed by atoms with E-state index in [4.69, 9.17) is 16.7 Å². The maximum Gasteiger partial charge on any atom is 0.242 e. The molecule has 0 aliphatic heterocycles. The third kappa shape index (κ3) is 4.22. The van der Waals surface area contributed by atoms with Gasteiger partial charge in [0.2, 0.25) is 10.0 Å². The van der Waals surface area contributed by atoms with E-state index in [-0.39, 0.29) is 16.5 Å². The van der Waals surface area contributed by atoms with Crippen molar-refractivity contribution in [1.29, 1.82) is 0 Å². The maximum atomic E-state index is 12.1. The van der Waals surface area contributed by atoms with Gasteiger partial charge in [0, 0.05) is 12.1 Å². The second-order valence-corrected chi connectivity index (χ2v) is 6.88. The molecule has 0 aromatic heterocycles. The van der Waals surface area contributed by atoms with Gasteiger partial charge in [0.1, 0.15) is 11.5 Å². The molecule has 0 spiro atoms. The lowest BCUT2D eigenvalue weighted by molar-refractivity contribution is 0.350. The van der Waals surface area contributed by atoms with Crippen molar-refractivity contribution in [2.45, 2.75) is 24.2 Å². The van der Waals surface area contributed by atoms with E-state index in [0.29, 0.717) is 18.0 Å². The summed E-state index contributed by atoms with van der Waals surface area (Å²) in [5.41, 5.74) is 0.570. The van der Waals surface area contributed by atoms with Gasteiger partial charge in [-0.25, -0.2) is 13.1 Å². The number of hydrogen-bond acceptors (Lipinski definition) is 3. The Bertz CT molecular complexity index is 642. The van der Waals surface area contributed by atoms with Gasteiger partial charge in [-0.3, -0.25) is 0 Å². The molecule has 1 aromatic carbocycles. The number of rotatable bonds is 5. The zero-order chi connectivity index (χ0) is 14.6. The molecule has 0 radical (unpaired) electrons. The molecule has 0 unspecified atom stereocenters. The smallest absolute Gasteiger partial charge is 0.242 e. The van der Waals surface area contributed by atoms with Crippen LogP contribution < -0.4 is 4.72 Å². The van der Waals surface area contributed by atoms with Crippen molar-refractivity contribution in [1.82, 2.24) is 4.72 Å². The molecule has 1 aromatic rings.